The van der Waals surface area contributed by atoms with Gasteiger partial charge >= 0.3 is 18.8 Å². The highest BCUT2D eigenvalue weighted by molar-refractivity contribution is 5.84. The number of nitrogens with two attached hydrogens (primary N) is 1. The van der Waals surface area contributed by atoms with Gasteiger partial charge in [0.25, 0.3) is 0 Å². The second-order valence-electron chi connectivity index (χ2n) is 16.5. The Morgan fingerprint density at radius 2 is 1.05 bits per heavy atom. The lowest BCUT2D eigenvalue weighted by molar-refractivity contribution is -0.385. The predicted molar refractivity (Wildman–Crippen MR) is 239 cm³/mol. The zero-order valence-electron chi connectivity index (χ0n) is 37.3. The lowest BCUT2D eigenvalue weighted by Crippen LogP contribution is -2.52. The summed E-state index contributed by atoms with van der Waals surface area (Å²) in [6, 6.07) is 7.85. The summed E-state index contributed by atoms with van der Waals surface area (Å²) in [7, 11) is 8.29. The molecule has 64 heavy (non-hydrogen) atoms. The van der Waals surface area contributed by atoms with Gasteiger partial charge in [-0.15, -0.1) is 0 Å². The molecule has 4 fully saturated rings. The molecule has 8 rings (SSSR count). The lowest BCUT2D eigenvalue weighted by atomic mass is 9.98. The fraction of sp³-hybridized carbons (Fsp3) is 0.581. The second kappa shape index (κ2) is 22.1. The van der Waals surface area contributed by atoms with Crippen LogP contribution in [0.2, 0.25) is 0 Å². The first-order chi connectivity index (χ1) is 30.8. The Morgan fingerprint density at radius 1 is 0.656 bits per heavy atom. The third-order valence-electron chi connectivity index (χ3n) is 12.8. The predicted octanol–water partition coefficient (Wildman–Crippen LogP) is 5.44. The van der Waals surface area contributed by atoms with E-state index in [1.54, 1.807) is 19.2 Å². The van der Waals surface area contributed by atoms with Crippen molar-refractivity contribution in [3.63, 3.8) is 0 Å². The smallest absolute Gasteiger partial charge is 0.333 e. The molecular formula is C43H62F4N12O5. The summed E-state index contributed by atoms with van der Waals surface area (Å²) in [5.41, 5.74) is 10.4. The highest BCUT2D eigenvalue weighted by atomic mass is 19.3. The Hall–Kier alpha value is -5.22. The van der Waals surface area contributed by atoms with E-state index in [0.717, 1.165) is 128 Å². The molecule has 0 spiro atoms. The van der Waals surface area contributed by atoms with Crippen molar-refractivity contribution in [3.05, 3.63) is 59.2 Å². The maximum atomic E-state index is 13.1. The molecule has 21 heteroatoms. The van der Waals surface area contributed by atoms with Crippen LogP contribution in [0.15, 0.2) is 49.1 Å². The molecule has 0 saturated carbocycles. The fourth-order valence-electron chi connectivity index (χ4n) is 9.10. The minimum atomic E-state index is -2.78. The van der Waals surface area contributed by atoms with E-state index >= 15 is 0 Å². The van der Waals surface area contributed by atoms with Crippen LogP contribution in [0.4, 0.5) is 40.3 Å². The molecule has 0 unspecified atom stereocenters. The van der Waals surface area contributed by atoms with Gasteiger partial charge in [-0.3, -0.25) is 19.9 Å². The number of piperazine rings is 2. The van der Waals surface area contributed by atoms with Crippen LogP contribution in [-0.4, -0.2) is 175 Å². The lowest BCUT2D eigenvalue weighted by Gasteiger charge is -2.43. The number of methoxy groups -OCH3 is 2. The summed E-state index contributed by atoms with van der Waals surface area (Å²) < 4.78 is 64.1. The molecule has 4 aromatic rings. The van der Waals surface area contributed by atoms with Crippen LogP contribution < -0.4 is 25.0 Å². The van der Waals surface area contributed by atoms with E-state index in [-0.39, 0.29) is 11.4 Å². The minimum absolute atomic E-state index is 0.149. The highest BCUT2D eigenvalue weighted by Gasteiger charge is 2.31. The monoisotopic (exact) mass is 902 g/mol. The molecule has 0 amide bonds. The number of nitrogen functional groups attached to an aromatic ring is 1. The van der Waals surface area contributed by atoms with Gasteiger partial charge in [0.2, 0.25) is 0 Å². The number of nitrogens with zero attached hydrogens (tertiary/aromatic N) is 11. The molecule has 0 radical (unpaired) electrons. The molecular weight excluding hydrogens is 841 g/mol. The van der Waals surface area contributed by atoms with Gasteiger partial charge in [0, 0.05) is 162 Å². The second-order valence-corrected chi connectivity index (χ2v) is 16.5. The van der Waals surface area contributed by atoms with Gasteiger partial charge in [-0.05, 0) is 45.8 Å². The number of alkyl halides is 4. The number of benzene rings is 2. The molecule has 3 N–H and O–H groups in total. The summed E-state index contributed by atoms with van der Waals surface area (Å²) >= 11 is 0. The van der Waals surface area contributed by atoms with Gasteiger partial charge in [-0.1, -0.05) is 0 Å². The number of hydrogen-bond donors (Lipinski definition) is 2. The molecule has 0 atom stereocenters. The van der Waals surface area contributed by atoms with Crippen molar-refractivity contribution >= 4 is 22.7 Å². The van der Waals surface area contributed by atoms with Crippen LogP contribution in [0.5, 0.6) is 11.5 Å². The standard InChI is InChI=1S/C21H28F2N6O3.C21H30F2N6O.CH4O/c1-25-7-9-26(10-8-25)16-3-5-27(6-4-16)18-12-20(32-2)19(29(30)31)11-17(18)15-13-24-28(14-15)21(22)23;1-26-7-9-27(10-8-26)16-3-5-28(6-4-16)19-12-20(30-2)18(24)11-17(19)15-13-25-29(14-15)21(22)23;1-2/h11-14,16,21H,3-10H2,1-2H3;11-14,16,21H,3-10,24H2,1-2H3;2H,1H3. The van der Waals surface area contributed by atoms with Crippen LogP contribution in [-0.2, 0) is 0 Å². The van der Waals surface area contributed by atoms with Crippen LogP contribution in [0.3, 0.4) is 0 Å². The van der Waals surface area contributed by atoms with Gasteiger partial charge in [-0.2, -0.15) is 27.8 Å². The number of halogens is 4. The summed E-state index contributed by atoms with van der Waals surface area (Å²) in [4.78, 5) is 25.4. The van der Waals surface area contributed by atoms with Crippen molar-refractivity contribution in [1.82, 2.24) is 39.2 Å². The summed E-state index contributed by atoms with van der Waals surface area (Å²) in [6.07, 6.45) is 9.46. The van der Waals surface area contributed by atoms with Crippen LogP contribution in [0.1, 0.15) is 38.8 Å². The van der Waals surface area contributed by atoms with Crippen LogP contribution >= 0.6 is 0 Å². The average Bonchev–Trinajstić information content (AvgIpc) is 4.02. The highest BCUT2D eigenvalue weighted by Crippen LogP contribution is 2.42. The molecule has 352 valence electrons. The van der Waals surface area contributed by atoms with Crippen molar-refractivity contribution < 1.29 is 37.1 Å². The van der Waals surface area contributed by atoms with E-state index in [2.05, 4.69) is 53.7 Å². The maximum Gasteiger partial charge on any atom is 0.333 e. The first kappa shape index (κ1) is 48.2. The molecule has 2 aromatic carbocycles. The Kier molecular flexibility index (Phi) is 16.7. The quantitative estimate of drug-likeness (QED) is 0.0847. The third-order valence-corrected chi connectivity index (χ3v) is 12.8. The Balaban J connectivity index is 0.000000205. The number of nitro benzene ring substituents is 1. The SMILES string of the molecule is CO.COc1cc(N2CCC(N3CCN(C)CC3)CC2)c(-c2cnn(C(F)F)c2)cc1N.COc1cc(N2CCC(N3CCN(C)CC3)CC2)c(-c2cnn(C(F)F)c2)cc1[N+](=O)[O-]. The zero-order valence-corrected chi connectivity index (χ0v) is 37.3. The van der Waals surface area contributed by atoms with Gasteiger partial charge in [0.05, 0.1) is 37.2 Å². The number of rotatable bonds is 11. The normalized spacial score (nSPS) is 18.8. The van der Waals surface area contributed by atoms with Gasteiger partial charge in [-0.25, -0.2) is 9.36 Å². The van der Waals surface area contributed by atoms with Crippen LogP contribution in [0, 0.1) is 10.1 Å². The molecule has 4 aliphatic heterocycles. The topological polar surface area (TPSA) is 163 Å². The Morgan fingerprint density at radius 3 is 1.41 bits per heavy atom. The van der Waals surface area contributed by atoms with Crippen molar-refractivity contribution in [1.29, 1.82) is 0 Å². The number of aromatic nitrogens is 4. The number of aliphatic hydroxyl groups is 1. The van der Waals surface area contributed by atoms with Crippen molar-refractivity contribution in [2.24, 2.45) is 0 Å². The first-order valence-corrected chi connectivity index (χ1v) is 21.6. The van der Waals surface area contributed by atoms with Gasteiger partial charge in [0.1, 0.15) is 5.75 Å². The number of hydrogen-bond acceptors (Lipinski definition) is 14. The van der Waals surface area contributed by atoms with E-state index in [0.29, 0.717) is 49.6 Å². The van der Waals surface area contributed by atoms with Crippen molar-refractivity contribution in [2.75, 3.05) is 129 Å². The van der Waals surface area contributed by atoms with Crippen molar-refractivity contribution in [2.45, 2.75) is 50.9 Å². The molecule has 0 aliphatic carbocycles. The van der Waals surface area contributed by atoms with Crippen LogP contribution in [0.25, 0.3) is 22.3 Å². The molecule has 17 nitrogen and oxygen atoms in total. The summed E-state index contributed by atoms with van der Waals surface area (Å²) in [5, 5.41) is 26.1. The average molecular weight is 903 g/mol. The van der Waals surface area contributed by atoms with E-state index in [9.17, 15) is 27.7 Å². The molecule has 4 saturated heterocycles. The molecule has 2 aromatic heterocycles. The summed E-state index contributed by atoms with van der Waals surface area (Å²) in [5.74, 6) is 0.743. The van der Waals surface area contributed by atoms with E-state index in [4.69, 9.17) is 20.3 Å². The third kappa shape index (κ3) is 11.3. The molecule has 4 aliphatic rings. The largest absolute Gasteiger partial charge is 0.495 e. The van der Waals surface area contributed by atoms with Crippen molar-refractivity contribution in [3.8, 4) is 33.8 Å². The fourth-order valence-corrected chi connectivity index (χ4v) is 9.10. The number of nitro groups is 1. The van der Waals surface area contributed by atoms with E-state index in [1.165, 1.54) is 38.0 Å². The number of likely N-dealkylation sites (N-methyl/N-ethyl adjacent to an activating group) is 2. The van der Waals surface area contributed by atoms with E-state index in [1.807, 2.05) is 6.07 Å². The number of piperidine rings is 2. The Labute approximate surface area is 371 Å². The maximum absolute atomic E-state index is 13.1. The summed E-state index contributed by atoms with van der Waals surface area (Å²) in [6.45, 7) is 6.63. The van der Waals surface area contributed by atoms with Gasteiger partial charge in [0.15, 0.2) is 5.75 Å². The Bertz CT molecular complexity index is 2110. The zero-order chi connectivity index (χ0) is 46.1. The van der Waals surface area contributed by atoms with Gasteiger partial charge < -0.3 is 39.9 Å². The number of ether oxygens (including phenoxy) is 2. The molecule has 6 heterocycles. The molecule has 0 bridgehead atoms. The minimum Gasteiger partial charge on any atom is -0.495 e. The first-order valence-electron chi connectivity index (χ1n) is 21.6. The van der Waals surface area contributed by atoms with E-state index < -0.39 is 18.0 Å². The number of anilines is 3. The number of aliphatic hydroxyl groups excluding tert-OH is 1.